The summed E-state index contributed by atoms with van der Waals surface area (Å²) < 4.78 is 81.8. The molecule has 0 atom stereocenters. The van der Waals surface area contributed by atoms with Crippen molar-refractivity contribution >= 4 is 57.1 Å². The van der Waals surface area contributed by atoms with Gasteiger partial charge < -0.3 is 19.7 Å². The van der Waals surface area contributed by atoms with Crippen molar-refractivity contribution in [1.82, 2.24) is 0 Å². The Labute approximate surface area is 162 Å². The van der Waals surface area contributed by atoms with Crippen LogP contribution in [0.3, 0.4) is 0 Å². The molecule has 0 bridgehead atoms. The van der Waals surface area contributed by atoms with E-state index in [0.717, 1.165) is 6.07 Å². The van der Waals surface area contributed by atoms with E-state index < -0.39 is 47.6 Å². The average molecular weight is 597 g/mol. The van der Waals surface area contributed by atoms with Crippen molar-refractivity contribution < 1.29 is 50.9 Å². The van der Waals surface area contributed by atoms with E-state index in [1.54, 1.807) is 22.6 Å². The van der Waals surface area contributed by atoms with Crippen LogP contribution in [0.1, 0.15) is 16.8 Å². The highest BCUT2D eigenvalue weighted by molar-refractivity contribution is 14.1. The van der Waals surface area contributed by atoms with E-state index >= 15 is 0 Å². The zero-order valence-electron chi connectivity index (χ0n) is 11.5. The summed E-state index contributed by atoms with van der Waals surface area (Å²) in [5, 5.41) is 20.1. The molecule has 0 aromatic heterocycles. The van der Waals surface area contributed by atoms with Crippen LogP contribution in [0, 0.1) is 7.14 Å². The second-order valence-electron chi connectivity index (χ2n) is 4.54. The summed E-state index contributed by atoms with van der Waals surface area (Å²) in [6, 6.07) is 2.08. The van der Waals surface area contributed by atoms with Gasteiger partial charge in [-0.3, -0.25) is 0 Å². The monoisotopic (exact) mass is 597 g/mol. The highest BCUT2D eigenvalue weighted by Crippen LogP contribution is 2.48. The van der Waals surface area contributed by atoms with Crippen LogP contribution in [0.4, 0.5) is 26.3 Å². The second kappa shape index (κ2) is 7.32. The number of phenolic OH excluding ortho intramolecular Hbond substituents is 1. The minimum absolute atomic E-state index is 0.0408. The van der Waals surface area contributed by atoms with Crippen molar-refractivity contribution in [2.45, 2.75) is 24.4 Å². The molecule has 25 heavy (non-hydrogen) atoms. The van der Waals surface area contributed by atoms with Gasteiger partial charge in [-0.05, 0) is 57.3 Å². The van der Waals surface area contributed by atoms with Gasteiger partial charge in [-0.25, -0.2) is 4.79 Å². The van der Waals surface area contributed by atoms with Crippen LogP contribution in [0.2, 0.25) is 0 Å². The molecule has 0 amide bonds. The van der Waals surface area contributed by atoms with Crippen LogP contribution < -0.4 is 5.11 Å². The molecule has 5 nitrogen and oxygen atoms in total. The molecule has 13 heteroatoms. The lowest BCUT2D eigenvalue weighted by Crippen LogP contribution is -2.61. The Kier molecular flexibility index (Phi) is 6.45. The maximum atomic E-state index is 13.0. The van der Waals surface area contributed by atoms with E-state index in [2.05, 4.69) is 4.74 Å². The normalized spacial score (nSPS) is 12.8. The predicted octanol–water partition coefficient (Wildman–Crippen LogP) is 2.76. The Morgan fingerprint density at radius 3 is 1.96 bits per heavy atom. The molecule has 1 aromatic rings. The van der Waals surface area contributed by atoms with Gasteiger partial charge in [0.2, 0.25) is 0 Å². The molecular formula is C12H5F6I2O5-. The van der Waals surface area contributed by atoms with Crippen molar-refractivity contribution in [1.29, 1.82) is 0 Å². The Balaban J connectivity index is 3.50. The van der Waals surface area contributed by atoms with Crippen LogP contribution in [0.25, 0.3) is 0 Å². The first kappa shape index (κ1) is 22.0. The number of hydrogen-bond acceptors (Lipinski definition) is 5. The molecule has 0 fully saturated rings. The maximum Gasteiger partial charge on any atom is 0.437 e. The number of rotatable bonds is 4. The van der Waals surface area contributed by atoms with Gasteiger partial charge in [-0.2, -0.15) is 26.3 Å². The molecule has 0 radical (unpaired) electrons. The molecule has 0 heterocycles. The van der Waals surface area contributed by atoms with Gasteiger partial charge in [0.25, 0.3) is 0 Å². The number of carboxylic acid groups (broad SMARTS) is 1. The third kappa shape index (κ3) is 4.59. The molecule has 0 saturated heterocycles. The fraction of sp³-hybridized carbons (Fsp3) is 0.333. The number of carbonyl (C=O) groups is 2. The fourth-order valence-electron chi connectivity index (χ4n) is 1.65. The smallest absolute Gasteiger partial charge is 0.437 e. The third-order valence-electron chi connectivity index (χ3n) is 2.82. The largest absolute Gasteiger partial charge is 0.550 e. The van der Waals surface area contributed by atoms with Crippen molar-refractivity contribution in [2.24, 2.45) is 0 Å². The Bertz CT molecular complexity index is 686. The molecule has 0 unspecified atom stereocenters. The Hall–Kier alpha value is -1.00. The SMILES string of the molecule is O=C([O-])CC(OC(=O)c1cc(I)cc(I)c1O)(C(F)(F)F)C(F)(F)F. The zero-order valence-corrected chi connectivity index (χ0v) is 15.8. The standard InChI is InChI=1S/C12H6F6I2O5/c13-11(14,15)10(3-7(21)22,12(16,17)18)25-9(24)5-1-4(19)2-6(20)8(5)23/h1-2,23H,3H2,(H,21,22)/p-1. The molecule has 140 valence electrons. The van der Waals surface area contributed by atoms with Gasteiger partial charge in [0.05, 0.1) is 3.57 Å². The number of phenols is 1. The van der Waals surface area contributed by atoms with Gasteiger partial charge in [0.15, 0.2) is 0 Å². The molecule has 1 aromatic carbocycles. The Morgan fingerprint density at radius 1 is 1.08 bits per heavy atom. The van der Waals surface area contributed by atoms with E-state index in [1.165, 1.54) is 28.7 Å². The summed E-state index contributed by atoms with van der Waals surface area (Å²) >= 11 is 3.09. The molecular weight excluding hydrogens is 592 g/mol. The minimum Gasteiger partial charge on any atom is -0.550 e. The van der Waals surface area contributed by atoms with Crippen LogP contribution in [0.15, 0.2) is 12.1 Å². The maximum absolute atomic E-state index is 13.0. The quantitative estimate of drug-likeness (QED) is 0.328. The van der Waals surface area contributed by atoms with Crippen LogP contribution in [-0.4, -0.2) is 35.0 Å². The van der Waals surface area contributed by atoms with E-state index in [9.17, 15) is 46.1 Å². The minimum atomic E-state index is -6.30. The number of hydrogen-bond donors (Lipinski definition) is 1. The number of aliphatic carboxylic acids is 1. The molecule has 0 saturated carbocycles. The van der Waals surface area contributed by atoms with E-state index in [4.69, 9.17) is 0 Å². The lowest BCUT2D eigenvalue weighted by atomic mass is 9.97. The van der Waals surface area contributed by atoms with Crippen molar-refractivity contribution in [3.63, 3.8) is 0 Å². The molecule has 0 aliphatic rings. The van der Waals surface area contributed by atoms with E-state index in [0.29, 0.717) is 0 Å². The van der Waals surface area contributed by atoms with Crippen molar-refractivity contribution in [2.75, 3.05) is 0 Å². The fourth-order valence-corrected chi connectivity index (χ4v) is 3.50. The first-order valence-corrected chi connectivity index (χ1v) is 8.03. The highest BCUT2D eigenvalue weighted by Gasteiger charge is 2.74. The third-order valence-corrected chi connectivity index (χ3v) is 4.27. The summed E-state index contributed by atoms with van der Waals surface area (Å²) in [6.45, 7) is 0. The van der Waals surface area contributed by atoms with E-state index in [-0.39, 0.29) is 7.14 Å². The van der Waals surface area contributed by atoms with Crippen LogP contribution in [0.5, 0.6) is 5.75 Å². The van der Waals surface area contributed by atoms with Crippen LogP contribution in [-0.2, 0) is 9.53 Å². The number of esters is 1. The molecule has 0 spiro atoms. The number of carbonyl (C=O) groups excluding carboxylic acids is 2. The van der Waals surface area contributed by atoms with Gasteiger partial charge in [0, 0.05) is 16.0 Å². The zero-order chi connectivity index (χ0) is 19.8. The molecule has 0 aliphatic carbocycles. The highest BCUT2D eigenvalue weighted by atomic mass is 127. The Morgan fingerprint density at radius 2 is 1.56 bits per heavy atom. The first-order chi connectivity index (χ1) is 11.1. The number of carboxylic acids is 1. The number of benzene rings is 1. The van der Waals surface area contributed by atoms with Gasteiger partial charge in [-0.15, -0.1) is 0 Å². The number of halogens is 8. The molecule has 1 N–H and O–H groups in total. The summed E-state index contributed by atoms with van der Waals surface area (Å²) in [5.41, 5.74) is -6.30. The van der Waals surface area contributed by atoms with Gasteiger partial charge in [0.1, 0.15) is 11.3 Å². The summed E-state index contributed by atoms with van der Waals surface area (Å²) in [5.74, 6) is -5.83. The molecule has 1 rings (SSSR count). The lowest BCUT2D eigenvalue weighted by molar-refractivity contribution is -0.377. The molecule has 0 aliphatic heterocycles. The topological polar surface area (TPSA) is 86.7 Å². The first-order valence-electron chi connectivity index (χ1n) is 5.87. The summed E-state index contributed by atoms with van der Waals surface area (Å²) in [6.07, 6.45) is -15.3. The summed E-state index contributed by atoms with van der Waals surface area (Å²) in [4.78, 5) is 22.3. The average Bonchev–Trinajstić information content (AvgIpc) is 2.38. The lowest BCUT2D eigenvalue weighted by Gasteiger charge is -2.36. The number of alkyl halides is 6. The summed E-state index contributed by atoms with van der Waals surface area (Å²) in [7, 11) is 0. The number of ether oxygens (including phenoxy) is 1. The van der Waals surface area contributed by atoms with Gasteiger partial charge >= 0.3 is 23.9 Å². The van der Waals surface area contributed by atoms with E-state index in [1.807, 2.05) is 0 Å². The van der Waals surface area contributed by atoms with Crippen molar-refractivity contribution in [3.8, 4) is 5.75 Å². The number of aromatic hydroxyl groups is 1. The van der Waals surface area contributed by atoms with Crippen molar-refractivity contribution in [3.05, 3.63) is 24.8 Å². The second-order valence-corrected chi connectivity index (χ2v) is 6.95. The van der Waals surface area contributed by atoms with Gasteiger partial charge in [-0.1, -0.05) is 0 Å². The van der Waals surface area contributed by atoms with Crippen LogP contribution >= 0.6 is 45.2 Å². The predicted molar refractivity (Wildman–Crippen MR) is 83.4 cm³/mol.